The summed E-state index contributed by atoms with van der Waals surface area (Å²) in [5.74, 6) is 0. The van der Waals surface area contributed by atoms with Crippen molar-refractivity contribution >= 4 is 25.6 Å². The van der Waals surface area contributed by atoms with Crippen LogP contribution in [0.4, 0.5) is 0 Å². The fourth-order valence-corrected chi connectivity index (χ4v) is 2.90. The van der Waals surface area contributed by atoms with E-state index in [0.29, 0.717) is 0 Å². The Labute approximate surface area is 128 Å². The molecule has 1 radical (unpaired) electrons. The van der Waals surface area contributed by atoms with Gasteiger partial charge in [-0.3, -0.25) is 0 Å². The standard InChI is InChI=1S/C14H12BOS.W/c1-14(17)12-5-3-2-4-10(12)11-7-6-9(15-16)8-13(11)14;/h2-8,16-17H,1H3;/p-1. The van der Waals surface area contributed by atoms with Crippen LogP contribution in [0.2, 0.25) is 0 Å². The summed E-state index contributed by atoms with van der Waals surface area (Å²) < 4.78 is -0.398. The molecule has 1 nitrogen and oxygen atoms in total. The molecule has 89 valence electrons. The maximum absolute atomic E-state index is 9.10. The van der Waals surface area contributed by atoms with Crippen molar-refractivity contribution in [3.05, 3.63) is 53.6 Å². The Morgan fingerprint density at radius 1 is 1.06 bits per heavy atom. The van der Waals surface area contributed by atoms with E-state index < -0.39 is 4.75 Å². The normalized spacial score (nSPS) is 19.7. The molecule has 2 aromatic rings. The summed E-state index contributed by atoms with van der Waals surface area (Å²) in [7, 11) is 1.12. The molecule has 0 fully saturated rings. The van der Waals surface area contributed by atoms with Crippen molar-refractivity contribution in [2.75, 3.05) is 0 Å². The molecule has 4 heteroatoms. The molecule has 0 saturated heterocycles. The molecule has 0 saturated carbocycles. The number of hydrogen-bond donors (Lipinski definition) is 1. The van der Waals surface area contributed by atoms with Crippen molar-refractivity contribution in [3.8, 4) is 11.1 Å². The Morgan fingerprint density at radius 3 is 2.44 bits per heavy atom. The minimum absolute atomic E-state index is 0. The van der Waals surface area contributed by atoms with Gasteiger partial charge in [-0.25, -0.2) is 0 Å². The quantitative estimate of drug-likeness (QED) is 0.559. The molecule has 18 heavy (non-hydrogen) atoms. The van der Waals surface area contributed by atoms with E-state index in [-0.39, 0.29) is 21.1 Å². The van der Waals surface area contributed by atoms with Gasteiger partial charge in [-0.15, -0.1) is 4.75 Å². The fraction of sp³-hybridized carbons (Fsp3) is 0.143. The van der Waals surface area contributed by atoms with Crippen molar-refractivity contribution in [2.24, 2.45) is 0 Å². The molecule has 1 aliphatic carbocycles. The fourth-order valence-electron chi connectivity index (χ4n) is 2.55. The molecule has 3 rings (SSSR count). The molecular formula is C14H11BOSW-. The van der Waals surface area contributed by atoms with Gasteiger partial charge < -0.3 is 17.7 Å². The monoisotopic (exact) mass is 422 g/mol. The van der Waals surface area contributed by atoms with Crippen LogP contribution < -0.4 is 5.46 Å². The largest absolute Gasteiger partial charge is 0.777 e. The molecule has 1 unspecified atom stereocenters. The van der Waals surface area contributed by atoms with Gasteiger partial charge in [0, 0.05) is 21.1 Å². The van der Waals surface area contributed by atoms with Crippen molar-refractivity contribution < 1.29 is 26.1 Å². The Bertz CT molecular complexity index is 598. The van der Waals surface area contributed by atoms with E-state index in [4.69, 9.17) is 17.7 Å². The van der Waals surface area contributed by atoms with E-state index >= 15 is 0 Å². The van der Waals surface area contributed by atoms with Gasteiger partial charge in [0.2, 0.25) is 0 Å². The van der Waals surface area contributed by atoms with E-state index in [1.807, 2.05) is 37.3 Å². The van der Waals surface area contributed by atoms with Gasteiger partial charge in [0.25, 0.3) is 0 Å². The molecule has 0 amide bonds. The summed E-state index contributed by atoms with van der Waals surface area (Å²) in [6.45, 7) is 2.05. The zero-order valence-electron chi connectivity index (χ0n) is 9.88. The first-order valence-electron chi connectivity index (χ1n) is 5.57. The third-order valence-electron chi connectivity index (χ3n) is 3.44. The summed E-state index contributed by atoms with van der Waals surface area (Å²) in [5, 5.41) is 9.10. The first-order valence-corrected chi connectivity index (χ1v) is 5.97. The molecule has 0 bridgehead atoms. The Morgan fingerprint density at radius 2 is 1.72 bits per heavy atom. The smallest absolute Gasteiger partial charge is 0.326 e. The third kappa shape index (κ3) is 1.89. The van der Waals surface area contributed by atoms with Crippen LogP contribution in [0.25, 0.3) is 11.1 Å². The number of rotatable bonds is 1. The van der Waals surface area contributed by atoms with Gasteiger partial charge >= 0.3 is 7.48 Å². The Kier molecular flexibility index (Phi) is 3.78. The van der Waals surface area contributed by atoms with Crippen LogP contribution in [0, 0.1) is 0 Å². The molecule has 0 aromatic heterocycles. The number of benzene rings is 2. The molecule has 2 aromatic carbocycles. The van der Waals surface area contributed by atoms with Crippen LogP contribution in [-0.4, -0.2) is 12.5 Å². The summed E-state index contributed by atoms with van der Waals surface area (Å²) in [4.78, 5) is 0. The van der Waals surface area contributed by atoms with E-state index in [0.717, 1.165) is 18.5 Å². The molecule has 1 N–H and O–H groups in total. The zero-order chi connectivity index (χ0) is 12.0. The van der Waals surface area contributed by atoms with Gasteiger partial charge in [0.1, 0.15) is 0 Å². The van der Waals surface area contributed by atoms with Crippen molar-refractivity contribution in [3.63, 3.8) is 0 Å². The van der Waals surface area contributed by atoms with Crippen LogP contribution in [0.5, 0.6) is 0 Å². The maximum Gasteiger partial charge on any atom is 0.326 e. The SMILES string of the molecule is CC1([S-])c2ccccc2-c2ccc([B]O)cc21.[W]. The molecule has 0 spiro atoms. The van der Waals surface area contributed by atoms with Crippen LogP contribution in [0.15, 0.2) is 42.5 Å². The second-order valence-corrected chi connectivity index (χ2v) is 5.33. The minimum atomic E-state index is -0.398. The summed E-state index contributed by atoms with van der Waals surface area (Å²) in [6, 6.07) is 14.2. The predicted molar refractivity (Wildman–Crippen MR) is 73.3 cm³/mol. The van der Waals surface area contributed by atoms with Crippen molar-refractivity contribution in [2.45, 2.75) is 11.7 Å². The first-order chi connectivity index (χ1) is 8.14. The van der Waals surface area contributed by atoms with Gasteiger partial charge in [-0.2, -0.15) is 0 Å². The van der Waals surface area contributed by atoms with Crippen LogP contribution in [0.1, 0.15) is 18.1 Å². The molecule has 0 aliphatic heterocycles. The average molecular weight is 422 g/mol. The molecule has 0 heterocycles. The second-order valence-electron chi connectivity index (χ2n) is 4.51. The predicted octanol–water partition coefficient (Wildman–Crippen LogP) is 1.71. The summed E-state index contributed by atoms with van der Waals surface area (Å²) in [5.41, 5.74) is 5.48. The molecule has 1 atom stereocenters. The summed E-state index contributed by atoms with van der Waals surface area (Å²) >= 11 is 5.73. The van der Waals surface area contributed by atoms with Crippen LogP contribution in [-0.2, 0) is 38.4 Å². The van der Waals surface area contributed by atoms with Crippen LogP contribution in [0.3, 0.4) is 0 Å². The summed E-state index contributed by atoms with van der Waals surface area (Å²) in [6.07, 6.45) is 0. The second kappa shape index (κ2) is 4.88. The van der Waals surface area contributed by atoms with Gasteiger partial charge in [0.05, 0.1) is 0 Å². The number of fused-ring (bicyclic) bond motifs is 3. The molecule has 1 aliphatic rings. The Balaban J connectivity index is 0.00000120. The number of hydrogen-bond acceptors (Lipinski definition) is 2. The van der Waals surface area contributed by atoms with Gasteiger partial charge in [0.15, 0.2) is 0 Å². The molecular weight excluding hydrogens is 411 g/mol. The van der Waals surface area contributed by atoms with Gasteiger partial charge in [-0.05, 0) is 11.1 Å². The maximum atomic E-state index is 9.10. The third-order valence-corrected chi connectivity index (χ3v) is 3.88. The minimum Gasteiger partial charge on any atom is -0.777 e. The van der Waals surface area contributed by atoms with Crippen LogP contribution >= 0.6 is 0 Å². The topological polar surface area (TPSA) is 20.2 Å². The first kappa shape index (κ1) is 13.9. The van der Waals surface area contributed by atoms with E-state index in [1.54, 1.807) is 0 Å². The van der Waals surface area contributed by atoms with Gasteiger partial charge in [-0.1, -0.05) is 66.0 Å². The van der Waals surface area contributed by atoms with Crippen molar-refractivity contribution in [1.29, 1.82) is 0 Å². The van der Waals surface area contributed by atoms with Crippen molar-refractivity contribution in [1.82, 2.24) is 0 Å². The average Bonchev–Trinajstić information content (AvgIpc) is 2.59. The Hall–Kier alpha value is -0.497. The van der Waals surface area contributed by atoms with E-state index in [2.05, 4.69) is 12.1 Å². The van der Waals surface area contributed by atoms with E-state index in [9.17, 15) is 0 Å². The zero-order valence-corrected chi connectivity index (χ0v) is 13.6. The van der Waals surface area contributed by atoms with E-state index in [1.165, 1.54) is 16.7 Å².